The molecule has 0 saturated carbocycles. The van der Waals surface area contributed by atoms with Crippen molar-refractivity contribution in [3.8, 4) is 0 Å². The summed E-state index contributed by atoms with van der Waals surface area (Å²) >= 11 is 0. The second-order valence-corrected chi connectivity index (χ2v) is 3.76. The molecule has 1 atom stereocenters. The number of hydrogen-bond acceptors (Lipinski definition) is 3. The van der Waals surface area contributed by atoms with Gasteiger partial charge in [0.25, 0.3) is 0 Å². The topological polar surface area (TPSA) is 38.5 Å². The SMILES string of the molecule is CCOC[C@H]1CCCN(CCN)C1. The van der Waals surface area contributed by atoms with Crippen molar-refractivity contribution in [1.82, 2.24) is 4.90 Å². The molecule has 0 aromatic heterocycles. The summed E-state index contributed by atoms with van der Waals surface area (Å²) in [5.41, 5.74) is 5.53. The van der Waals surface area contributed by atoms with Crippen molar-refractivity contribution in [2.24, 2.45) is 11.7 Å². The molecular weight excluding hydrogens is 164 g/mol. The zero-order chi connectivity index (χ0) is 9.52. The molecule has 78 valence electrons. The molecule has 1 rings (SSSR count). The van der Waals surface area contributed by atoms with Crippen LogP contribution < -0.4 is 5.73 Å². The molecule has 0 radical (unpaired) electrons. The molecule has 1 fully saturated rings. The van der Waals surface area contributed by atoms with Crippen molar-refractivity contribution in [2.45, 2.75) is 19.8 Å². The third-order valence-corrected chi connectivity index (χ3v) is 2.61. The molecule has 13 heavy (non-hydrogen) atoms. The van der Waals surface area contributed by atoms with Crippen molar-refractivity contribution < 1.29 is 4.74 Å². The molecule has 1 heterocycles. The number of nitrogens with zero attached hydrogens (tertiary/aromatic N) is 1. The van der Waals surface area contributed by atoms with E-state index in [1.165, 1.54) is 25.9 Å². The maximum Gasteiger partial charge on any atom is 0.0506 e. The average Bonchev–Trinajstić information content (AvgIpc) is 2.16. The summed E-state index contributed by atoms with van der Waals surface area (Å²) < 4.78 is 5.44. The largest absolute Gasteiger partial charge is 0.381 e. The number of piperidine rings is 1. The minimum atomic E-state index is 0.736. The van der Waals surface area contributed by atoms with Crippen LogP contribution in [0.2, 0.25) is 0 Å². The fraction of sp³-hybridized carbons (Fsp3) is 1.00. The standard InChI is InChI=1S/C10H22N2O/c1-2-13-9-10-4-3-6-12(8-10)7-5-11/h10H,2-9,11H2,1H3/t10-/m0/s1. The van der Waals surface area contributed by atoms with Crippen LogP contribution in [0.4, 0.5) is 0 Å². The van der Waals surface area contributed by atoms with E-state index in [2.05, 4.69) is 11.8 Å². The van der Waals surface area contributed by atoms with E-state index in [0.29, 0.717) is 0 Å². The van der Waals surface area contributed by atoms with Gasteiger partial charge in [0, 0.05) is 26.2 Å². The number of hydrogen-bond donors (Lipinski definition) is 1. The summed E-state index contributed by atoms with van der Waals surface area (Å²) in [6.07, 6.45) is 2.62. The van der Waals surface area contributed by atoms with Gasteiger partial charge < -0.3 is 15.4 Å². The van der Waals surface area contributed by atoms with Gasteiger partial charge in [-0.3, -0.25) is 0 Å². The second-order valence-electron chi connectivity index (χ2n) is 3.76. The highest BCUT2D eigenvalue weighted by Gasteiger charge is 2.18. The first-order valence-corrected chi connectivity index (χ1v) is 5.37. The van der Waals surface area contributed by atoms with E-state index in [1.807, 2.05) is 0 Å². The average molecular weight is 186 g/mol. The van der Waals surface area contributed by atoms with Crippen LogP contribution in [-0.4, -0.2) is 44.3 Å². The lowest BCUT2D eigenvalue weighted by atomic mass is 9.99. The van der Waals surface area contributed by atoms with E-state index in [9.17, 15) is 0 Å². The van der Waals surface area contributed by atoms with Gasteiger partial charge in [0.05, 0.1) is 6.61 Å². The molecule has 2 N–H and O–H groups in total. The van der Waals surface area contributed by atoms with Crippen molar-refractivity contribution >= 4 is 0 Å². The third kappa shape index (κ3) is 4.07. The lowest BCUT2D eigenvalue weighted by Crippen LogP contribution is -2.39. The third-order valence-electron chi connectivity index (χ3n) is 2.61. The second kappa shape index (κ2) is 6.35. The highest BCUT2D eigenvalue weighted by atomic mass is 16.5. The number of nitrogens with two attached hydrogens (primary N) is 1. The fourth-order valence-corrected chi connectivity index (χ4v) is 1.96. The molecule has 0 aliphatic carbocycles. The van der Waals surface area contributed by atoms with E-state index in [4.69, 9.17) is 10.5 Å². The van der Waals surface area contributed by atoms with E-state index in [-0.39, 0.29) is 0 Å². The van der Waals surface area contributed by atoms with Gasteiger partial charge in [-0.2, -0.15) is 0 Å². The van der Waals surface area contributed by atoms with Crippen LogP contribution in [0.1, 0.15) is 19.8 Å². The van der Waals surface area contributed by atoms with Gasteiger partial charge in [-0.1, -0.05) is 0 Å². The van der Waals surface area contributed by atoms with Crippen molar-refractivity contribution in [1.29, 1.82) is 0 Å². The fourth-order valence-electron chi connectivity index (χ4n) is 1.96. The van der Waals surface area contributed by atoms with Crippen LogP contribution in [0, 0.1) is 5.92 Å². The summed E-state index contributed by atoms with van der Waals surface area (Å²) in [5, 5.41) is 0. The quantitative estimate of drug-likeness (QED) is 0.686. The maximum atomic E-state index is 5.53. The molecule has 0 aromatic rings. The van der Waals surface area contributed by atoms with Gasteiger partial charge in [0.15, 0.2) is 0 Å². The smallest absolute Gasteiger partial charge is 0.0506 e. The van der Waals surface area contributed by atoms with E-state index in [1.54, 1.807) is 0 Å². The van der Waals surface area contributed by atoms with Gasteiger partial charge in [-0.25, -0.2) is 0 Å². The Labute approximate surface area is 81.2 Å². The first kappa shape index (κ1) is 11.0. The molecule has 3 nitrogen and oxygen atoms in total. The summed E-state index contributed by atoms with van der Waals surface area (Å²) in [4.78, 5) is 2.45. The molecule has 0 spiro atoms. The first-order chi connectivity index (χ1) is 6.36. The first-order valence-electron chi connectivity index (χ1n) is 5.37. The zero-order valence-corrected chi connectivity index (χ0v) is 8.67. The molecule has 0 aromatic carbocycles. The highest BCUT2D eigenvalue weighted by Crippen LogP contribution is 2.15. The lowest BCUT2D eigenvalue weighted by molar-refractivity contribution is 0.0682. The van der Waals surface area contributed by atoms with Gasteiger partial charge >= 0.3 is 0 Å². The van der Waals surface area contributed by atoms with Gasteiger partial charge in [-0.05, 0) is 32.2 Å². The predicted octanol–water partition coefficient (Wildman–Crippen LogP) is 0.694. The molecule has 0 unspecified atom stereocenters. The Morgan fingerprint density at radius 3 is 3.08 bits per heavy atom. The van der Waals surface area contributed by atoms with Gasteiger partial charge in [0.2, 0.25) is 0 Å². The zero-order valence-electron chi connectivity index (χ0n) is 8.67. The van der Waals surface area contributed by atoms with E-state index in [0.717, 1.165) is 32.2 Å². The van der Waals surface area contributed by atoms with E-state index < -0.39 is 0 Å². The molecule has 1 aliphatic heterocycles. The normalized spacial score (nSPS) is 24.9. The summed E-state index contributed by atoms with van der Waals surface area (Å²) in [7, 11) is 0. The Morgan fingerprint density at radius 1 is 1.54 bits per heavy atom. The van der Waals surface area contributed by atoms with Crippen molar-refractivity contribution in [3.63, 3.8) is 0 Å². The van der Waals surface area contributed by atoms with Crippen LogP contribution in [0.3, 0.4) is 0 Å². The predicted molar refractivity (Wildman–Crippen MR) is 54.7 cm³/mol. The number of ether oxygens (including phenoxy) is 1. The summed E-state index contributed by atoms with van der Waals surface area (Å²) in [6.45, 7) is 8.05. The molecule has 1 aliphatic rings. The van der Waals surface area contributed by atoms with Gasteiger partial charge in [0.1, 0.15) is 0 Å². The Hall–Kier alpha value is -0.120. The molecular formula is C10H22N2O. The molecule has 1 saturated heterocycles. The summed E-state index contributed by atoms with van der Waals surface area (Å²) in [5.74, 6) is 0.736. The molecule has 3 heteroatoms. The Morgan fingerprint density at radius 2 is 2.38 bits per heavy atom. The molecule has 0 bridgehead atoms. The summed E-state index contributed by atoms with van der Waals surface area (Å²) in [6, 6.07) is 0. The maximum absolute atomic E-state index is 5.53. The van der Waals surface area contributed by atoms with Crippen LogP contribution >= 0.6 is 0 Å². The van der Waals surface area contributed by atoms with Crippen LogP contribution in [0.25, 0.3) is 0 Å². The van der Waals surface area contributed by atoms with E-state index >= 15 is 0 Å². The van der Waals surface area contributed by atoms with Crippen LogP contribution in [0.5, 0.6) is 0 Å². The highest BCUT2D eigenvalue weighted by molar-refractivity contribution is 4.72. The van der Waals surface area contributed by atoms with Crippen LogP contribution in [-0.2, 0) is 4.74 Å². The Bertz CT molecular complexity index is 128. The Balaban J connectivity index is 2.16. The number of rotatable bonds is 5. The number of likely N-dealkylation sites (tertiary alicyclic amines) is 1. The lowest BCUT2D eigenvalue weighted by Gasteiger charge is -2.32. The Kier molecular flexibility index (Phi) is 5.35. The monoisotopic (exact) mass is 186 g/mol. The van der Waals surface area contributed by atoms with Crippen LogP contribution in [0.15, 0.2) is 0 Å². The van der Waals surface area contributed by atoms with Crippen molar-refractivity contribution in [3.05, 3.63) is 0 Å². The van der Waals surface area contributed by atoms with Crippen molar-refractivity contribution in [2.75, 3.05) is 39.4 Å². The molecule has 0 amide bonds. The minimum Gasteiger partial charge on any atom is -0.381 e. The minimum absolute atomic E-state index is 0.736. The van der Waals surface area contributed by atoms with Gasteiger partial charge in [-0.15, -0.1) is 0 Å².